The molecule has 2 rings (SSSR count). The molecule has 0 radical (unpaired) electrons. The Balaban J connectivity index is 1.67. The molecule has 0 aliphatic carbocycles. The third kappa shape index (κ3) is 7.62. The van der Waals surface area contributed by atoms with Crippen LogP contribution in [0.4, 0.5) is 0 Å². The number of hydrogen-bond acceptors (Lipinski definition) is 4. The van der Waals surface area contributed by atoms with Crippen LogP contribution >= 0.6 is 0 Å². The van der Waals surface area contributed by atoms with E-state index < -0.39 is 0 Å². The van der Waals surface area contributed by atoms with Gasteiger partial charge >= 0.3 is 0 Å². The molecule has 1 fully saturated rings. The Hall–Kier alpha value is -1.79. The number of nitrogens with zero attached hydrogens (tertiary/aromatic N) is 1. The SMILES string of the molecule is CCNC(=NCCCOC1CCOCC1)NCCc1ccccc1OC. The molecule has 1 aliphatic rings. The summed E-state index contributed by atoms with van der Waals surface area (Å²) in [4.78, 5) is 4.63. The fourth-order valence-electron chi connectivity index (χ4n) is 2.91. The summed E-state index contributed by atoms with van der Waals surface area (Å²) in [5, 5.41) is 6.67. The lowest BCUT2D eigenvalue weighted by atomic mass is 10.1. The second-order valence-electron chi connectivity index (χ2n) is 6.29. The fourth-order valence-corrected chi connectivity index (χ4v) is 2.91. The second kappa shape index (κ2) is 12.5. The molecule has 0 spiro atoms. The zero-order valence-corrected chi connectivity index (χ0v) is 16.1. The quantitative estimate of drug-likeness (QED) is 0.380. The molecule has 0 aromatic heterocycles. The first-order valence-corrected chi connectivity index (χ1v) is 9.67. The molecule has 146 valence electrons. The number of benzene rings is 1. The Kier molecular flexibility index (Phi) is 9.90. The van der Waals surface area contributed by atoms with Crippen molar-refractivity contribution in [3.63, 3.8) is 0 Å². The molecule has 1 aromatic carbocycles. The number of para-hydroxylation sites is 1. The van der Waals surface area contributed by atoms with Gasteiger partial charge in [-0.3, -0.25) is 4.99 Å². The average Bonchev–Trinajstić information content (AvgIpc) is 2.69. The van der Waals surface area contributed by atoms with Crippen molar-refractivity contribution in [3.8, 4) is 5.75 Å². The smallest absolute Gasteiger partial charge is 0.191 e. The molecular weight excluding hydrogens is 330 g/mol. The van der Waals surface area contributed by atoms with Crippen LogP contribution in [-0.2, 0) is 15.9 Å². The number of ether oxygens (including phenoxy) is 3. The lowest BCUT2D eigenvalue weighted by molar-refractivity contribution is -0.0318. The zero-order valence-electron chi connectivity index (χ0n) is 16.1. The first kappa shape index (κ1) is 20.5. The van der Waals surface area contributed by atoms with Gasteiger partial charge in [0.05, 0.1) is 13.2 Å². The van der Waals surface area contributed by atoms with Gasteiger partial charge in [0.1, 0.15) is 5.75 Å². The molecular formula is C20H33N3O3. The molecule has 6 nitrogen and oxygen atoms in total. The highest BCUT2D eigenvalue weighted by Gasteiger charge is 2.13. The van der Waals surface area contributed by atoms with Crippen molar-refractivity contribution in [2.24, 2.45) is 4.99 Å². The molecule has 1 aliphatic heterocycles. The molecule has 6 heteroatoms. The minimum atomic E-state index is 0.361. The molecule has 26 heavy (non-hydrogen) atoms. The van der Waals surface area contributed by atoms with Gasteiger partial charge in [-0.15, -0.1) is 0 Å². The van der Waals surface area contributed by atoms with E-state index in [0.29, 0.717) is 6.10 Å². The summed E-state index contributed by atoms with van der Waals surface area (Å²) in [6.07, 6.45) is 4.20. The summed E-state index contributed by atoms with van der Waals surface area (Å²) in [7, 11) is 1.71. The summed E-state index contributed by atoms with van der Waals surface area (Å²) in [6, 6.07) is 8.12. The Morgan fingerprint density at radius 1 is 1.23 bits per heavy atom. The normalized spacial score (nSPS) is 15.7. The van der Waals surface area contributed by atoms with Crippen molar-refractivity contribution < 1.29 is 14.2 Å². The Morgan fingerprint density at radius 3 is 2.81 bits per heavy atom. The maximum atomic E-state index is 5.89. The van der Waals surface area contributed by atoms with Gasteiger partial charge < -0.3 is 24.8 Å². The third-order valence-corrected chi connectivity index (χ3v) is 4.32. The summed E-state index contributed by atoms with van der Waals surface area (Å²) in [5.41, 5.74) is 1.20. The van der Waals surface area contributed by atoms with E-state index in [-0.39, 0.29) is 0 Å². The lowest BCUT2D eigenvalue weighted by Crippen LogP contribution is -2.38. The Labute approximate surface area is 157 Å². The molecule has 0 atom stereocenters. The third-order valence-electron chi connectivity index (χ3n) is 4.32. The number of rotatable bonds is 10. The minimum absolute atomic E-state index is 0.361. The van der Waals surface area contributed by atoms with E-state index >= 15 is 0 Å². The van der Waals surface area contributed by atoms with Crippen LogP contribution in [0.5, 0.6) is 5.75 Å². The summed E-state index contributed by atoms with van der Waals surface area (Å²) >= 11 is 0. The van der Waals surface area contributed by atoms with Crippen LogP contribution in [0.2, 0.25) is 0 Å². The molecule has 0 amide bonds. The summed E-state index contributed by atoms with van der Waals surface area (Å²) < 4.78 is 16.6. The van der Waals surface area contributed by atoms with Crippen molar-refractivity contribution in [2.75, 3.05) is 46.6 Å². The molecule has 0 saturated carbocycles. The predicted octanol–water partition coefficient (Wildman–Crippen LogP) is 2.38. The minimum Gasteiger partial charge on any atom is -0.496 e. The standard InChI is InChI=1S/C20H33N3O3/c1-3-21-20(22-12-6-14-26-18-10-15-25-16-11-18)23-13-9-17-7-4-5-8-19(17)24-2/h4-5,7-8,18H,3,6,9-16H2,1-2H3,(H2,21,22,23). The first-order valence-electron chi connectivity index (χ1n) is 9.67. The molecule has 0 bridgehead atoms. The molecule has 1 saturated heterocycles. The van der Waals surface area contributed by atoms with Crippen molar-refractivity contribution in [2.45, 2.75) is 38.7 Å². The van der Waals surface area contributed by atoms with Crippen LogP contribution in [0.25, 0.3) is 0 Å². The van der Waals surface area contributed by atoms with Crippen LogP contribution in [0.3, 0.4) is 0 Å². The number of guanidine groups is 1. The van der Waals surface area contributed by atoms with Crippen LogP contribution < -0.4 is 15.4 Å². The van der Waals surface area contributed by atoms with Gasteiger partial charge in [-0.1, -0.05) is 18.2 Å². The maximum absolute atomic E-state index is 5.89. The second-order valence-corrected chi connectivity index (χ2v) is 6.29. The van der Waals surface area contributed by atoms with Gasteiger partial charge in [0.2, 0.25) is 0 Å². The van der Waals surface area contributed by atoms with Crippen molar-refractivity contribution in [1.29, 1.82) is 0 Å². The Bertz CT molecular complexity index is 531. The Morgan fingerprint density at radius 2 is 2.04 bits per heavy atom. The molecule has 1 aromatic rings. The van der Waals surface area contributed by atoms with E-state index in [2.05, 4.69) is 28.6 Å². The monoisotopic (exact) mass is 363 g/mol. The molecule has 1 heterocycles. The van der Waals surface area contributed by atoms with Gasteiger partial charge in [-0.25, -0.2) is 0 Å². The van der Waals surface area contributed by atoms with E-state index in [0.717, 1.165) is 76.8 Å². The van der Waals surface area contributed by atoms with Gasteiger partial charge in [-0.05, 0) is 44.2 Å². The van der Waals surface area contributed by atoms with E-state index in [1.54, 1.807) is 7.11 Å². The fraction of sp³-hybridized carbons (Fsp3) is 0.650. The first-order chi connectivity index (χ1) is 12.8. The van der Waals surface area contributed by atoms with E-state index in [1.807, 2.05) is 18.2 Å². The van der Waals surface area contributed by atoms with Gasteiger partial charge in [0.15, 0.2) is 5.96 Å². The van der Waals surface area contributed by atoms with Crippen LogP contribution in [0.15, 0.2) is 29.3 Å². The summed E-state index contributed by atoms with van der Waals surface area (Å²) in [5.74, 6) is 1.79. The lowest BCUT2D eigenvalue weighted by Gasteiger charge is -2.22. The number of hydrogen-bond donors (Lipinski definition) is 2. The van der Waals surface area contributed by atoms with E-state index in [4.69, 9.17) is 14.2 Å². The summed E-state index contributed by atoms with van der Waals surface area (Å²) in [6.45, 7) is 6.89. The van der Waals surface area contributed by atoms with Crippen LogP contribution in [0.1, 0.15) is 31.7 Å². The van der Waals surface area contributed by atoms with Crippen LogP contribution in [0, 0.1) is 0 Å². The highest BCUT2D eigenvalue weighted by molar-refractivity contribution is 5.79. The van der Waals surface area contributed by atoms with Crippen molar-refractivity contribution in [1.82, 2.24) is 10.6 Å². The van der Waals surface area contributed by atoms with Crippen molar-refractivity contribution in [3.05, 3.63) is 29.8 Å². The number of aliphatic imine (C=N–C) groups is 1. The number of methoxy groups -OCH3 is 1. The van der Waals surface area contributed by atoms with Crippen molar-refractivity contribution >= 4 is 5.96 Å². The average molecular weight is 364 g/mol. The largest absolute Gasteiger partial charge is 0.496 e. The highest BCUT2D eigenvalue weighted by atomic mass is 16.5. The highest BCUT2D eigenvalue weighted by Crippen LogP contribution is 2.17. The van der Waals surface area contributed by atoms with E-state index in [1.165, 1.54) is 5.56 Å². The molecule has 0 unspecified atom stereocenters. The number of nitrogens with one attached hydrogen (secondary N) is 2. The topological polar surface area (TPSA) is 64.1 Å². The van der Waals surface area contributed by atoms with Gasteiger partial charge in [-0.2, -0.15) is 0 Å². The zero-order chi connectivity index (χ0) is 18.5. The van der Waals surface area contributed by atoms with Crippen LogP contribution in [-0.4, -0.2) is 58.6 Å². The predicted molar refractivity (Wildman–Crippen MR) is 105 cm³/mol. The van der Waals surface area contributed by atoms with Gasteiger partial charge in [0.25, 0.3) is 0 Å². The van der Waals surface area contributed by atoms with Gasteiger partial charge in [0, 0.05) is 39.5 Å². The maximum Gasteiger partial charge on any atom is 0.191 e. The molecule has 2 N–H and O–H groups in total. The van der Waals surface area contributed by atoms with E-state index in [9.17, 15) is 0 Å².